The third-order valence-electron chi connectivity index (χ3n) is 2.58. The first-order chi connectivity index (χ1) is 8.15. The number of unbranched alkanes of at least 4 members (excludes halogenated alkanes) is 2. The van der Waals surface area contributed by atoms with E-state index in [2.05, 4.69) is 0 Å². The second-order valence-corrected chi connectivity index (χ2v) is 4.41. The van der Waals surface area contributed by atoms with Gasteiger partial charge in [-0.15, -0.1) is 0 Å². The lowest BCUT2D eigenvalue weighted by Gasteiger charge is -2.04. The van der Waals surface area contributed by atoms with Crippen molar-refractivity contribution in [1.29, 1.82) is 0 Å². The Morgan fingerprint density at radius 3 is 2.76 bits per heavy atom. The van der Waals surface area contributed by atoms with Gasteiger partial charge in [-0.2, -0.15) is 0 Å². The molecule has 0 amide bonds. The van der Waals surface area contributed by atoms with Gasteiger partial charge in [-0.3, -0.25) is 4.79 Å². The van der Waals surface area contributed by atoms with Crippen LogP contribution in [0.15, 0.2) is 18.2 Å². The van der Waals surface area contributed by atoms with Gasteiger partial charge in [-0.25, -0.2) is 4.39 Å². The summed E-state index contributed by atoms with van der Waals surface area (Å²) >= 11 is 5.78. The van der Waals surface area contributed by atoms with Crippen LogP contribution in [0.25, 0.3) is 0 Å². The Morgan fingerprint density at radius 1 is 1.29 bits per heavy atom. The summed E-state index contributed by atoms with van der Waals surface area (Å²) in [7, 11) is 0. The third-order valence-corrected chi connectivity index (χ3v) is 3.00. The van der Waals surface area contributed by atoms with Crippen LogP contribution in [0.5, 0.6) is 0 Å². The summed E-state index contributed by atoms with van der Waals surface area (Å²) in [6, 6.07) is 4.54. The SMILES string of the molecule is NCCCCCC(=O)Cc1cccc(F)c1Cl. The summed E-state index contributed by atoms with van der Waals surface area (Å²) in [4.78, 5) is 11.6. The van der Waals surface area contributed by atoms with Gasteiger partial charge in [0.05, 0.1) is 5.02 Å². The molecule has 0 aliphatic rings. The number of hydrogen-bond acceptors (Lipinski definition) is 2. The molecule has 1 aromatic carbocycles. The summed E-state index contributed by atoms with van der Waals surface area (Å²) in [6.45, 7) is 0.657. The third kappa shape index (κ3) is 4.84. The molecule has 0 aliphatic heterocycles. The molecular formula is C13H17ClFNO. The number of Topliss-reactive ketones (excluding diaryl/α,β-unsaturated/α-hetero) is 1. The molecule has 0 aromatic heterocycles. The highest BCUT2D eigenvalue weighted by atomic mass is 35.5. The van der Waals surface area contributed by atoms with Crippen LogP contribution in [0.3, 0.4) is 0 Å². The molecule has 0 heterocycles. The van der Waals surface area contributed by atoms with Crippen molar-refractivity contribution in [1.82, 2.24) is 0 Å². The van der Waals surface area contributed by atoms with Crippen molar-refractivity contribution in [3.05, 3.63) is 34.6 Å². The molecule has 94 valence electrons. The second-order valence-electron chi connectivity index (χ2n) is 4.03. The van der Waals surface area contributed by atoms with Crippen LogP contribution in [0, 0.1) is 5.82 Å². The van der Waals surface area contributed by atoms with Gasteiger partial charge >= 0.3 is 0 Å². The van der Waals surface area contributed by atoms with Crippen LogP contribution in [0.4, 0.5) is 4.39 Å². The molecule has 0 bridgehead atoms. The summed E-state index contributed by atoms with van der Waals surface area (Å²) in [5, 5.41) is 0.0582. The van der Waals surface area contributed by atoms with Crippen molar-refractivity contribution in [3.63, 3.8) is 0 Å². The molecule has 1 rings (SSSR count). The summed E-state index contributed by atoms with van der Waals surface area (Å²) in [6.07, 6.45) is 3.45. The topological polar surface area (TPSA) is 43.1 Å². The fourth-order valence-corrected chi connectivity index (χ4v) is 1.82. The van der Waals surface area contributed by atoms with Crippen molar-refractivity contribution in [2.75, 3.05) is 6.54 Å². The maximum absolute atomic E-state index is 13.1. The molecule has 0 unspecified atom stereocenters. The van der Waals surface area contributed by atoms with Gasteiger partial charge in [0, 0.05) is 12.8 Å². The number of benzene rings is 1. The molecule has 0 aliphatic carbocycles. The van der Waals surface area contributed by atoms with Crippen molar-refractivity contribution in [2.24, 2.45) is 5.73 Å². The lowest BCUT2D eigenvalue weighted by Crippen LogP contribution is -2.04. The summed E-state index contributed by atoms with van der Waals surface area (Å²) in [5.74, 6) is -0.380. The van der Waals surface area contributed by atoms with Crippen molar-refractivity contribution < 1.29 is 9.18 Å². The van der Waals surface area contributed by atoms with Gasteiger partial charge in [-0.1, -0.05) is 30.2 Å². The predicted molar refractivity (Wildman–Crippen MR) is 67.6 cm³/mol. The molecule has 0 saturated heterocycles. The first-order valence-corrected chi connectivity index (χ1v) is 6.17. The first-order valence-electron chi connectivity index (χ1n) is 5.80. The molecule has 0 spiro atoms. The highest BCUT2D eigenvalue weighted by Crippen LogP contribution is 2.20. The van der Waals surface area contributed by atoms with Crippen molar-refractivity contribution in [3.8, 4) is 0 Å². The van der Waals surface area contributed by atoms with Crippen LogP contribution in [-0.2, 0) is 11.2 Å². The monoisotopic (exact) mass is 257 g/mol. The number of carbonyl (C=O) groups is 1. The second kappa shape index (κ2) is 7.41. The van der Waals surface area contributed by atoms with Gasteiger partial charge in [0.2, 0.25) is 0 Å². The Hall–Kier alpha value is -0.930. The molecule has 4 heteroatoms. The van der Waals surface area contributed by atoms with Gasteiger partial charge in [0.1, 0.15) is 11.6 Å². The van der Waals surface area contributed by atoms with E-state index in [-0.39, 0.29) is 17.2 Å². The maximum Gasteiger partial charge on any atom is 0.142 e. The fraction of sp³-hybridized carbons (Fsp3) is 0.462. The van der Waals surface area contributed by atoms with E-state index in [0.29, 0.717) is 18.5 Å². The Bertz CT molecular complexity index is 382. The quantitative estimate of drug-likeness (QED) is 0.763. The molecule has 0 fully saturated rings. The molecule has 0 saturated carbocycles. The minimum absolute atomic E-state index is 0.0582. The number of carbonyl (C=O) groups excluding carboxylic acids is 1. The largest absolute Gasteiger partial charge is 0.330 e. The molecule has 2 N–H and O–H groups in total. The van der Waals surface area contributed by atoms with E-state index >= 15 is 0 Å². The van der Waals surface area contributed by atoms with Gasteiger partial charge < -0.3 is 5.73 Å². The smallest absolute Gasteiger partial charge is 0.142 e. The summed E-state index contributed by atoms with van der Waals surface area (Å²) < 4.78 is 13.1. The standard InChI is InChI=1S/C13H17ClFNO/c14-13-10(5-4-7-12(13)15)9-11(17)6-2-1-3-8-16/h4-5,7H,1-3,6,8-9,16H2. The van der Waals surface area contributed by atoms with Crippen LogP contribution in [0.2, 0.25) is 5.02 Å². The van der Waals surface area contributed by atoms with Crippen molar-refractivity contribution in [2.45, 2.75) is 32.1 Å². The normalized spacial score (nSPS) is 10.5. The Labute approximate surface area is 106 Å². The van der Waals surface area contributed by atoms with Crippen LogP contribution >= 0.6 is 11.6 Å². The highest BCUT2D eigenvalue weighted by molar-refractivity contribution is 6.31. The number of ketones is 1. The van der Waals surface area contributed by atoms with Crippen LogP contribution < -0.4 is 5.73 Å². The minimum Gasteiger partial charge on any atom is -0.330 e. The van der Waals surface area contributed by atoms with Gasteiger partial charge in [-0.05, 0) is 31.0 Å². The van der Waals surface area contributed by atoms with E-state index in [0.717, 1.165) is 19.3 Å². The molecule has 1 aromatic rings. The van der Waals surface area contributed by atoms with E-state index in [9.17, 15) is 9.18 Å². The molecule has 0 radical (unpaired) electrons. The first kappa shape index (κ1) is 14.1. The highest BCUT2D eigenvalue weighted by Gasteiger charge is 2.09. The number of hydrogen-bond donors (Lipinski definition) is 1. The average Bonchev–Trinajstić information content (AvgIpc) is 2.31. The van der Waals surface area contributed by atoms with E-state index < -0.39 is 5.82 Å². The van der Waals surface area contributed by atoms with E-state index in [1.807, 2.05) is 0 Å². The van der Waals surface area contributed by atoms with Crippen LogP contribution in [0.1, 0.15) is 31.2 Å². The van der Waals surface area contributed by atoms with Gasteiger partial charge in [0.25, 0.3) is 0 Å². The maximum atomic E-state index is 13.1. The number of nitrogens with two attached hydrogens (primary N) is 1. The van der Waals surface area contributed by atoms with Crippen molar-refractivity contribution >= 4 is 17.4 Å². The molecular weight excluding hydrogens is 241 g/mol. The summed E-state index contributed by atoms with van der Waals surface area (Å²) in [5.41, 5.74) is 5.93. The Kier molecular flexibility index (Phi) is 6.16. The predicted octanol–water partition coefficient (Wildman–Crippen LogP) is 3.11. The zero-order chi connectivity index (χ0) is 12.7. The van der Waals surface area contributed by atoms with Gasteiger partial charge in [0.15, 0.2) is 0 Å². The molecule has 0 atom stereocenters. The molecule has 17 heavy (non-hydrogen) atoms. The minimum atomic E-state index is -0.472. The average molecular weight is 258 g/mol. The van der Waals surface area contributed by atoms with E-state index in [1.54, 1.807) is 12.1 Å². The lowest BCUT2D eigenvalue weighted by molar-refractivity contribution is -0.118. The fourth-order valence-electron chi connectivity index (χ4n) is 1.63. The van der Waals surface area contributed by atoms with Crippen LogP contribution in [-0.4, -0.2) is 12.3 Å². The lowest BCUT2D eigenvalue weighted by atomic mass is 10.0. The number of rotatable bonds is 7. The zero-order valence-corrected chi connectivity index (χ0v) is 10.5. The number of halogens is 2. The van der Waals surface area contributed by atoms with E-state index in [1.165, 1.54) is 6.07 Å². The van der Waals surface area contributed by atoms with E-state index in [4.69, 9.17) is 17.3 Å². The molecule has 2 nitrogen and oxygen atoms in total. The zero-order valence-electron chi connectivity index (χ0n) is 9.72. The Morgan fingerprint density at radius 2 is 2.06 bits per heavy atom. The Balaban J connectivity index is 2.43.